The van der Waals surface area contributed by atoms with Gasteiger partial charge < -0.3 is 4.74 Å². The molecule has 0 fully saturated rings. The molecule has 1 aromatic rings. The lowest BCUT2D eigenvalue weighted by Gasteiger charge is -2.15. The van der Waals surface area contributed by atoms with Crippen LogP contribution in [0.25, 0.3) is 0 Å². The van der Waals surface area contributed by atoms with Gasteiger partial charge in [-0.05, 0) is 31.9 Å². The largest absolute Gasteiger partial charge is 0.488 e. The number of halogens is 1. The molecule has 0 saturated carbocycles. The van der Waals surface area contributed by atoms with E-state index in [9.17, 15) is 9.18 Å². The Labute approximate surface area is 99.9 Å². The van der Waals surface area contributed by atoms with Crippen LogP contribution in [0.15, 0.2) is 18.2 Å². The number of amides is 1. The highest BCUT2D eigenvalue weighted by Crippen LogP contribution is 2.21. The molecule has 0 aliphatic rings. The topological polar surface area (TPSA) is 64.3 Å². The van der Waals surface area contributed by atoms with E-state index in [1.165, 1.54) is 0 Å². The fourth-order valence-electron chi connectivity index (χ4n) is 1.39. The minimum Gasteiger partial charge on any atom is -0.488 e. The van der Waals surface area contributed by atoms with Crippen molar-refractivity contribution in [3.05, 3.63) is 29.6 Å². The van der Waals surface area contributed by atoms with E-state index in [2.05, 4.69) is 0 Å². The highest BCUT2D eigenvalue weighted by atomic mass is 19.1. The minimum absolute atomic E-state index is 0.214. The van der Waals surface area contributed by atoms with E-state index in [1.54, 1.807) is 32.0 Å². The first-order valence-corrected chi connectivity index (χ1v) is 5.45. The molecule has 3 N–H and O–H groups in total. The first-order chi connectivity index (χ1) is 8.04. The molecule has 17 heavy (non-hydrogen) atoms. The number of hydrogen-bond acceptors (Lipinski definition) is 3. The van der Waals surface area contributed by atoms with Crippen molar-refractivity contribution in [2.75, 3.05) is 0 Å². The SMILES string of the molecule is Cc1cccc(OC(C)CCC(=O)NN)c1F. The van der Waals surface area contributed by atoms with Gasteiger partial charge in [0.25, 0.3) is 0 Å². The molecule has 0 aliphatic heterocycles. The number of hydrazine groups is 1. The average Bonchev–Trinajstić information content (AvgIpc) is 2.32. The van der Waals surface area contributed by atoms with Crippen molar-refractivity contribution in [1.82, 2.24) is 5.43 Å². The molecule has 1 rings (SSSR count). The predicted octanol–water partition coefficient (Wildman–Crippen LogP) is 1.67. The van der Waals surface area contributed by atoms with E-state index in [4.69, 9.17) is 10.6 Å². The van der Waals surface area contributed by atoms with Gasteiger partial charge in [-0.25, -0.2) is 10.2 Å². The van der Waals surface area contributed by atoms with Crippen LogP contribution in [0.5, 0.6) is 5.75 Å². The van der Waals surface area contributed by atoms with Crippen LogP contribution in [0.1, 0.15) is 25.3 Å². The number of ether oxygens (including phenoxy) is 1. The molecular weight excluding hydrogens is 223 g/mol. The Morgan fingerprint density at radius 3 is 2.94 bits per heavy atom. The Hall–Kier alpha value is -1.62. The molecule has 1 amide bonds. The molecule has 1 aromatic carbocycles. The summed E-state index contributed by atoms with van der Waals surface area (Å²) in [6.45, 7) is 3.46. The molecule has 1 atom stereocenters. The zero-order chi connectivity index (χ0) is 12.8. The monoisotopic (exact) mass is 240 g/mol. The number of carbonyl (C=O) groups excluding carboxylic acids is 1. The Bertz CT molecular complexity index is 396. The fraction of sp³-hybridized carbons (Fsp3) is 0.417. The first kappa shape index (κ1) is 13.4. The number of nitrogens with one attached hydrogen (secondary N) is 1. The van der Waals surface area contributed by atoms with Gasteiger partial charge in [0, 0.05) is 6.42 Å². The third-order valence-corrected chi connectivity index (χ3v) is 2.42. The molecule has 1 unspecified atom stereocenters. The molecule has 0 heterocycles. The zero-order valence-electron chi connectivity index (χ0n) is 10.00. The Kier molecular flexibility index (Phi) is 4.90. The first-order valence-electron chi connectivity index (χ1n) is 5.45. The fourth-order valence-corrected chi connectivity index (χ4v) is 1.39. The maximum atomic E-state index is 13.6. The minimum atomic E-state index is -0.359. The lowest BCUT2D eigenvalue weighted by Crippen LogP contribution is -2.30. The lowest BCUT2D eigenvalue weighted by molar-refractivity contribution is -0.121. The Balaban J connectivity index is 2.53. The van der Waals surface area contributed by atoms with Crippen molar-refractivity contribution < 1.29 is 13.9 Å². The van der Waals surface area contributed by atoms with E-state index in [-0.39, 0.29) is 30.0 Å². The third kappa shape index (κ3) is 4.03. The van der Waals surface area contributed by atoms with Gasteiger partial charge in [-0.3, -0.25) is 10.2 Å². The summed E-state index contributed by atoms with van der Waals surface area (Å²) >= 11 is 0. The van der Waals surface area contributed by atoms with E-state index in [0.717, 1.165) is 0 Å². The van der Waals surface area contributed by atoms with Crippen molar-refractivity contribution >= 4 is 5.91 Å². The molecule has 5 heteroatoms. The van der Waals surface area contributed by atoms with Crippen molar-refractivity contribution in [2.24, 2.45) is 5.84 Å². The predicted molar refractivity (Wildman–Crippen MR) is 62.8 cm³/mol. The molecule has 0 spiro atoms. The van der Waals surface area contributed by atoms with Gasteiger partial charge >= 0.3 is 0 Å². The molecule has 0 aliphatic carbocycles. The van der Waals surface area contributed by atoms with Crippen LogP contribution < -0.4 is 16.0 Å². The summed E-state index contributed by atoms with van der Waals surface area (Å²) in [6.07, 6.45) is 0.491. The maximum Gasteiger partial charge on any atom is 0.234 e. The smallest absolute Gasteiger partial charge is 0.234 e. The van der Waals surface area contributed by atoms with Crippen LogP contribution in [-0.4, -0.2) is 12.0 Å². The number of carbonyl (C=O) groups is 1. The van der Waals surface area contributed by atoms with Crippen LogP contribution >= 0.6 is 0 Å². The summed E-state index contributed by atoms with van der Waals surface area (Å²) in [5.74, 6) is 4.55. The van der Waals surface area contributed by atoms with Gasteiger partial charge in [0.05, 0.1) is 6.10 Å². The van der Waals surface area contributed by atoms with E-state index in [1.807, 2.05) is 5.43 Å². The summed E-state index contributed by atoms with van der Waals surface area (Å²) in [5.41, 5.74) is 2.57. The summed E-state index contributed by atoms with van der Waals surface area (Å²) in [6, 6.07) is 4.98. The van der Waals surface area contributed by atoms with Crippen molar-refractivity contribution in [3.8, 4) is 5.75 Å². The Morgan fingerprint density at radius 1 is 1.59 bits per heavy atom. The van der Waals surface area contributed by atoms with E-state index < -0.39 is 0 Å². The molecular formula is C12H17FN2O2. The standard InChI is InChI=1S/C12H17FN2O2/c1-8-4-3-5-10(12(8)13)17-9(2)6-7-11(16)15-14/h3-5,9H,6-7,14H2,1-2H3,(H,15,16). The van der Waals surface area contributed by atoms with Crippen LogP contribution in [0.3, 0.4) is 0 Å². The number of benzene rings is 1. The van der Waals surface area contributed by atoms with Gasteiger partial charge in [-0.1, -0.05) is 12.1 Å². The summed E-state index contributed by atoms with van der Waals surface area (Å²) in [7, 11) is 0. The average molecular weight is 240 g/mol. The van der Waals surface area contributed by atoms with Gasteiger partial charge in [0.1, 0.15) is 0 Å². The van der Waals surface area contributed by atoms with Crippen LogP contribution in [-0.2, 0) is 4.79 Å². The van der Waals surface area contributed by atoms with E-state index in [0.29, 0.717) is 12.0 Å². The highest BCUT2D eigenvalue weighted by Gasteiger charge is 2.11. The summed E-state index contributed by atoms with van der Waals surface area (Å²) < 4.78 is 19.0. The Morgan fingerprint density at radius 2 is 2.29 bits per heavy atom. The molecule has 0 saturated heterocycles. The van der Waals surface area contributed by atoms with E-state index >= 15 is 0 Å². The number of aryl methyl sites for hydroxylation is 1. The van der Waals surface area contributed by atoms with Gasteiger partial charge in [-0.15, -0.1) is 0 Å². The van der Waals surface area contributed by atoms with Crippen LogP contribution in [0.2, 0.25) is 0 Å². The number of hydrogen-bond donors (Lipinski definition) is 2. The number of rotatable bonds is 5. The van der Waals surface area contributed by atoms with Crippen molar-refractivity contribution in [3.63, 3.8) is 0 Å². The van der Waals surface area contributed by atoms with Gasteiger partial charge in [0.2, 0.25) is 5.91 Å². The molecule has 94 valence electrons. The second kappa shape index (κ2) is 6.20. The highest BCUT2D eigenvalue weighted by molar-refractivity contribution is 5.75. The van der Waals surface area contributed by atoms with Crippen LogP contribution in [0, 0.1) is 12.7 Å². The number of nitrogens with two attached hydrogens (primary N) is 1. The van der Waals surface area contributed by atoms with Crippen molar-refractivity contribution in [2.45, 2.75) is 32.8 Å². The normalized spacial score (nSPS) is 12.0. The summed E-state index contributed by atoms with van der Waals surface area (Å²) in [5, 5.41) is 0. The zero-order valence-corrected chi connectivity index (χ0v) is 10.00. The second-order valence-corrected chi connectivity index (χ2v) is 3.92. The van der Waals surface area contributed by atoms with Gasteiger partial charge in [-0.2, -0.15) is 0 Å². The molecule has 0 aromatic heterocycles. The lowest BCUT2D eigenvalue weighted by atomic mass is 10.2. The molecule has 4 nitrogen and oxygen atoms in total. The summed E-state index contributed by atoms with van der Waals surface area (Å²) in [4.78, 5) is 10.9. The van der Waals surface area contributed by atoms with Crippen LogP contribution in [0.4, 0.5) is 4.39 Å². The van der Waals surface area contributed by atoms with Gasteiger partial charge in [0.15, 0.2) is 11.6 Å². The van der Waals surface area contributed by atoms with Crippen molar-refractivity contribution in [1.29, 1.82) is 0 Å². The maximum absolute atomic E-state index is 13.6. The third-order valence-electron chi connectivity index (χ3n) is 2.42. The molecule has 0 bridgehead atoms. The quantitative estimate of drug-likeness (QED) is 0.467. The second-order valence-electron chi connectivity index (χ2n) is 3.92. The molecule has 0 radical (unpaired) electrons.